The van der Waals surface area contributed by atoms with Crippen molar-refractivity contribution in [2.45, 2.75) is 20.3 Å². The van der Waals surface area contributed by atoms with Gasteiger partial charge in [0.15, 0.2) is 6.29 Å². The molecule has 78 valence electrons. The van der Waals surface area contributed by atoms with Crippen LogP contribution in [-0.2, 0) is 11.2 Å². The van der Waals surface area contributed by atoms with E-state index >= 15 is 0 Å². The molecule has 1 aromatic rings. The second kappa shape index (κ2) is 3.50. The lowest BCUT2D eigenvalue weighted by Gasteiger charge is -2.17. The van der Waals surface area contributed by atoms with Gasteiger partial charge in [0, 0.05) is 29.4 Å². The van der Waals surface area contributed by atoms with Crippen LogP contribution in [-0.4, -0.2) is 17.0 Å². The van der Waals surface area contributed by atoms with Gasteiger partial charge in [-0.1, -0.05) is 13.8 Å². The molecular formula is C12H14N2O. The van der Waals surface area contributed by atoms with Crippen molar-refractivity contribution in [1.29, 1.82) is 0 Å². The molecule has 0 bridgehead atoms. The number of aliphatic imine (C=N–C) groups is 1. The molecule has 2 rings (SSSR count). The number of nitrogens with zero attached hydrogens (tertiary/aromatic N) is 1. The molecule has 0 amide bonds. The highest BCUT2D eigenvalue weighted by atomic mass is 16.1. The van der Waals surface area contributed by atoms with Gasteiger partial charge in [0.05, 0.1) is 5.70 Å². The maximum Gasteiger partial charge on any atom is 0.168 e. The molecule has 0 atom stereocenters. The maximum atomic E-state index is 10.7. The van der Waals surface area contributed by atoms with E-state index in [4.69, 9.17) is 0 Å². The molecule has 2 heterocycles. The van der Waals surface area contributed by atoms with Crippen LogP contribution in [0.3, 0.4) is 0 Å². The molecule has 1 aliphatic rings. The zero-order chi connectivity index (χ0) is 10.9. The van der Waals surface area contributed by atoms with Crippen LogP contribution >= 0.6 is 0 Å². The summed E-state index contributed by atoms with van der Waals surface area (Å²) in [6.07, 6.45) is 5.39. The van der Waals surface area contributed by atoms with Crippen LogP contribution in [0.4, 0.5) is 0 Å². The highest BCUT2D eigenvalue weighted by Gasteiger charge is 2.28. The summed E-state index contributed by atoms with van der Waals surface area (Å²) in [6.45, 7) is 4.15. The van der Waals surface area contributed by atoms with Crippen molar-refractivity contribution in [3.63, 3.8) is 0 Å². The Morgan fingerprint density at radius 1 is 1.53 bits per heavy atom. The molecule has 0 spiro atoms. The van der Waals surface area contributed by atoms with Gasteiger partial charge >= 0.3 is 0 Å². The van der Waals surface area contributed by atoms with Gasteiger partial charge in [0.1, 0.15) is 0 Å². The molecule has 0 fully saturated rings. The first-order chi connectivity index (χ1) is 7.12. The molecule has 3 nitrogen and oxygen atoms in total. The standard InChI is InChI=1S/C12H14N2O/c1-12(2)7-10(8-15)14-11(12)6-9-4-3-5-13-9/h3-5,7-8,13H,6H2,1-2H3. The molecule has 3 heteroatoms. The largest absolute Gasteiger partial charge is 0.365 e. The summed E-state index contributed by atoms with van der Waals surface area (Å²) in [4.78, 5) is 18.1. The summed E-state index contributed by atoms with van der Waals surface area (Å²) in [5, 5.41) is 0. The third-order valence-electron chi connectivity index (χ3n) is 2.66. The minimum atomic E-state index is -0.110. The number of rotatable bonds is 3. The van der Waals surface area contributed by atoms with Crippen molar-refractivity contribution in [3.05, 3.63) is 35.8 Å². The number of aldehydes is 1. The van der Waals surface area contributed by atoms with Gasteiger partial charge in [0.25, 0.3) is 0 Å². The zero-order valence-corrected chi connectivity index (χ0v) is 8.95. The number of hydrogen-bond donors (Lipinski definition) is 1. The number of allylic oxidation sites excluding steroid dienone is 2. The Labute approximate surface area is 88.9 Å². The summed E-state index contributed by atoms with van der Waals surface area (Å²) in [5.74, 6) is 0. The topological polar surface area (TPSA) is 45.2 Å². The van der Waals surface area contributed by atoms with Crippen molar-refractivity contribution < 1.29 is 4.79 Å². The molecule has 0 saturated carbocycles. The molecular weight excluding hydrogens is 188 g/mol. The number of carbonyl (C=O) groups excluding carboxylic acids is 1. The van der Waals surface area contributed by atoms with E-state index in [9.17, 15) is 4.79 Å². The Balaban J connectivity index is 2.21. The molecule has 15 heavy (non-hydrogen) atoms. The smallest absolute Gasteiger partial charge is 0.168 e. The summed E-state index contributed by atoms with van der Waals surface area (Å²) in [5.41, 5.74) is 2.59. The van der Waals surface area contributed by atoms with E-state index in [0.717, 1.165) is 24.1 Å². The molecule has 0 saturated heterocycles. The van der Waals surface area contributed by atoms with Crippen LogP contribution in [0, 0.1) is 5.41 Å². The van der Waals surface area contributed by atoms with Crippen LogP contribution in [0.15, 0.2) is 35.1 Å². The second-order valence-corrected chi connectivity index (χ2v) is 4.34. The van der Waals surface area contributed by atoms with Crippen molar-refractivity contribution >= 4 is 12.0 Å². The molecule has 0 aromatic carbocycles. The van der Waals surface area contributed by atoms with Gasteiger partial charge in [-0.25, -0.2) is 0 Å². The lowest BCUT2D eigenvalue weighted by atomic mass is 9.86. The Bertz CT molecular complexity index is 424. The van der Waals surface area contributed by atoms with E-state index < -0.39 is 0 Å². The van der Waals surface area contributed by atoms with E-state index in [0.29, 0.717) is 5.70 Å². The number of carbonyl (C=O) groups is 1. The summed E-state index contributed by atoms with van der Waals surface area (Å²) in [7, 11) is 0. The maximum absolute atomic E-state index is 10.7. The van der Waals surface area contributed by atoms with Gasteiger partial charge in [-0.2, -0.15) is 0 Å². The van der Waals surface area contributed by atoms with Gasteiger partial charge in [-0.15, -0.1) is 0 Å². The van der Waals surface area contributed by atoms with E-state index in [1.807, 2.05) is 24.4 Å². The van der Waals surface area contributed by atoms with Crippen molar-refractivity contribution in [2.75, 3.05) is 0 Å². The highest BCUT2D eigenvalue weighted by molar-refractivity contribution is 5.99. The van der Waals surface area contributed by atoms with Gasteiger partial charge in [-0.05, 0) is 18.2 Å². The van der Waals surface area contributed by atoms with E-state index in [-0.39, 0.29) is 5.41 Å². The van der Waals surface area contributed by atoms with Crippen LogP contribution in [0.2, 0.25) is 0 Å². The fourth-order valence-corrected chi connectivity index (χ4v) is 1.77. The predicted molar refractivity (Wildman–Crippen MR) is 59.9 cm³/mol. The number of aromatic amines is 1. The van der Waals surface area contributed by atoms with Crippen molar-refractivity contribution in [3.8, 4) is 0 Å². The van der Waals surface area contributed by atoms with Gasteiger partial charge < -0.3 is 4.98 Å². The molecule has 1 N–H and O–H groups in total. The van der Waals surface area contributed by atoms with E-state index in [1.54, 1.807) is 0 Å². The molecule has 1 aliphatic heterocycles. The fourth-order valence-electron chi connectivity index (χ4n) is 1.77. The lowest BCUT2D eigenvalue weighted by molar-refractivity contribution is -0.104. The first kappa shape index (κ1) is 9.90. The summed E-state index contributed by atoms with van der Waals surface area (Å²) in [6, 6.07) is 3.99. The number of aromatic nitrogens is 1. The third kappa shape index (κ3) is 1.91. The normalized spacial score (nSPS) is 18.5. The Morgan fingerprint density at radius 2 is 2.33 bits per heavy atom. The summed E-state index contributed by atoms with van der Waals surface area (Å²) < 4.78 is 0. The third-order valence-corrected chi connectivity index (χ3v) is 2.66. The average molecular weight is 202 g/mol. The first-order valence-corrected chi connectivity index (χ1v) is 5.00. The lowest BCUT2D eigenvalue weighted by Crippen LogP contribution is -2.21. The average Bonchev–Trinajstić information content (AvgIpc) is 2.76. The Hall–Kier alpha value is -1.64. The quantitative estimate of drug-likeness (QED) is 0.750. The van der Waals surface area contributed by atoms with Crippen LogP contribution in [0.25, 0.3) is 0 Å². The molecule has 1 aromatic heterocycles. The molecule has 0 radical (unpaired) electrons. The molecule has 0 aliphatic carbocycles. The van der Waals surface area contributed by atoms with Gasteiger partial charge in [0.2, 0.25) is 0 Å². The van der Waals surface area contributed by atoms with Crippen LogP contribution in [0.1, 0.15) is 19.5 Å². The molecule has 0 unspecified atom stereocenters. The number of nitrogens with one attached hydrogen (secondary N) is 1. The summed E-state index contributed by atoms with van der Waals surface area (Å²) >= 11 is 0. The van der Waals surface area contributed by atoms with Crippen molar-refractivity contribution in [1.82, 2.24) is 4.98 Å². The second-order valence-electron chi connectivity index (χ2n) is 4.34. The minimum Gasteiger partial charge on any atom is -0.365 e. The zero-order valence-electron chi connectivity index (χ0n) is 8.95. The van der Waals surface area contributed by atoms with Crippen LogP contribution < -0.4 is 0 Å². The fraction of sp³-hybridized carbons (Fsp3) is 0.333. The van der Waals surface area contributed by atoms with Crippen LogP contribution in [0.5, 0.6) is 0 Å². The first-order valence-electron chi connectivity index (χ1n) is 5.00. The number of H-pyrrole nitrogens is 1. The van der Waals surface area contributed by atoms with Gasteiger partial charge in [-0.3, -0.25) is 9.79 Å². The number of hydrogen-bond acceptors (Lipinski definition) is 2. The highest BCUT2D eigenvalue weighted by Crippen LogP contribution is 2.29. The van der Waals surface area contributed by atoms with E-state index in [1.165, 1.54) is 0 Å². The van der Waals surface area contributed by atoms with Crippen molar-refractivity contribution in [2.24, 2.45) is 10.4 Å². The SMILES string of the molecule is CC1(C)C=C(C=O)N=C1Cc1ccc[nH]1. The minimum absolute atomic E-state index is 0.110. The Kier molecular flexibility index (Phi) is 2.31. The Morgan fingerprint density at radius 3 is 2.87 bits per heavy atom. The predicted octanol–water partition coefficient (Wildman–Crippen LogP) is 2.12. The van der Waals surface area contributed by atoms with E-state index in [2.05, 4.69) is 23.8 Å². The monoisotopic (exact) mass is 202 g/mol.